The van der Waals surface area contributed by atoms with Crippen LogP contribution in [0.1, 0.15) is 49.0 Å². The first-order valence-corrected chi connectivity index (χ1v) is 9.05. The molecule has 0 aliphatic carbocycles. The molecule has 0 bridgehead atoms. The third-order valence-corrected chi connectivity index (χ3v) is 4.71. The van der Waals surface area contributed by atoms with Crippen molar-refractivity contribution in [1.29, 1.82) is 0 Å². The van der Waals surface area contributed by atoms with Crippen molar-refractivity contribution in [3.8, 4) is 0 Å². The first kappa shape index (κ1) is 18.7. The van der Waals surface area contributed by atoms with Gasteiger partial charge in [-0.15, -0.1) is 0 Å². The van der Waals surface area contributed by atoms with Gasteiger partial charge in [-0.05, 0) is 45.2 Å². The predicted octanol–water partition coefficient (Wildman–Crippen LogP) is 3.05. The maximum atomic E-state index is 12.5. The smallest absolute Gasteiger partial charge is 0.234 e. The molecule has 0 saturated carbocycles. The van der Waals surface area contributed by atoms with Crippen molar-refractivity contribution in [2.24, 2.45) is 11.8 Å². The molecule has 0 radical (unpaired) electrons. The summed E-state index contributed by atoms with van der Waals surface area (Å²) in [7, 11) is 0. The summed E-state index contributed by atoms with van der Waals surface area (Å²) >= 11 is 0. The number of carbonyl (C=O) groups excluding carboxylic acids is 2. The first-order valence-electron chi connectivity index (χ1n) is 9.05. The van der Waals surface area contributed by atoms with Crippen molar-refractivity contribution in [3.05, 3.63) is 35.4 Å². The summed E-state index contributed by atoms with van der Waals surface area (Å²) in [5.74, 6) is 1.04. The zero-order chi connectivity index (χ0) is 17.5. The number of ketones is 1. The molecule has 24 heavy (non-hydrogen) atoms. The summed E-state index contributed by atoms with van der Waals surface area (Å²) in [6.07, 6.45) is 2.69. The molecule has 1 aromatic carbocycles. The summed E-state index contributed by atoms with van der Waals surface area (Å²) in [4.78, 5) is 26.6. The van der Waals surface area contributed by atoms with Gasteiger partial charge in [-0.2, -0.15) is 0 Å². The molecule has 0 aromatic heterocycles. The Balaban J connectivity index is 1.74. The second-order valence-electron chi connectivity index (χ2n) is 7.31. The number of piperidine rings is 1. The van der Waals surface area contributed by atoms with E-state index >= 15 is 0 Å². The molecule has 4 nitrogen and oxygen atoms in total. The Bertz CT molecular complexity index is 543. The molecular formula is C20H30N2O2. The maximum Gasteiger partial charge on any atom is 0.234 e. The molecule has 132 valence electrons. The zero-order valence-electron chi connectivity index (χ0n) is 15.2. The normalized spacial score (nSPS) is 16.3. The molecule has 2 rings (SSSR count). The lowest BCUT2D eigenvalue weighted by atomic mass is 9.88. The minimum atomic E-state index is 0.0907. The van der Waals surface area contributed by atoms with Crippen molar-refractivity contribution in [3.63, 3.8) is 0 Å². The molecule has 0 unspecified atom stereocenters. The number of nitrogens with one attached hydrogen (secondary N) is 1. The Kier molecular flexibility index (Phi) is 6.98. The van der Waals surface area contributed by atoms with Crippen LogP contribution < -0.4 is 5.32 Å². The Labute approximate surface area is 145 Å². The standard InChI is InChI=1S/C20H30N2O2/c1-15(2)8-11-21-19(23)14-22-12-9-18(10-13-22)20(24)17-6-4-16(3)5-7-17/h4-7,15,18H,8-14H2,1-3H3,(H,21,23). The van der Waals surface area contributed by atoms with Crippen LogP contribution in [0.4, 0.5) is 0 Å². The molecule has 1 heterocycles. The van der Waals surface area contributed by atoms with Crippen LogP contribution in [0.5, 0.6) is 0 Å². The summed E-state index contributed by atoms with van der Waals surface area (Å²) in [6, 6.07) is 7.83. The van der Waals surface area contributed by atoms with Gasteiger partial charge in [0.15, 0.2) is 5.78 Å². The predicted molar refractivity (Wildman–Crippen MR) is 97.1 cm³/mol. The minimum absolute atomic E-state index is 0.0907. The van der Waals surface area contributed by atoms with Gasteiger partial charge >= 0.3 is 0 Å². The summed E-state index contributed by atoms with van der Waals surface area (Å²) < 4.78 is 0. The van der Waals surface area contributed by atoms with Gasteiger partial charge in [0.2, 0.25) is 5.91 Å². The summed E-state index contributed by atoms with van der Waals surface area (Å²) in [5.41, 5.74) is 1.98. The van der Waals surface area contributed by atoms with Gasteiger partial charge in [-0.1, -0.05) is 43.7 Å². The van der Waals surface area contributed by atoms with Gasteiger partial charge in [0.25, 0.3) is 0 Å². The SMILES string of the molecule is Cc1ccc(C(=O)C2CCN(CC(=O)NCCC(C)C)CC2)cc1. The Morgan fingerprint density at radius 3 is 2.38 bits per heavy atom. The van der Waals surface area contributed by atoms with Crippen LogP contribution in [-0.4, -0.2) is 42.8 Å². The van der Waals surface area contributed by atoms with Crippen LogP contribution in [-0.2, 0) is 4.79 Å². The zero-order valence-corrected chi connectivity index (χ0v) is 15.2. The molecule has 1 aliphatic rings. The number of Topliss-reactive ketones (excluding diaryl/α,β-unsaturated/α-hetero) is 1. The van der Waals surface area contributed by atoms with Crippen LogP contribution in [0.2, 0.25) is 0 Å². The van der Waals surface area contributed by atoms with E-state index in [0.29, 0.717) is 12.5 Å². The van der Waals surface area contributed by atoms with E-state index in [1.54, 1.807) is 0 Å². The van der Waals surface area contributed by atoms with Crippen molar-refractivity contribution in [2.75, 3.05) is 26.2 Å². The van der Waals surface area contributed by atoms with Gasteiger partial charge in [0.1, 0.15) is 0 Å². The molecule has 0 atom stereocenters. The third kappa shape index (κ3) is 5.75. The highest BCUT2D eigenvalue weighted by Gasteiger charge is 2.26. The molecule has 1 aliphatic heterocycles. The van der Waals surface area contributed by atoms with Gasteiger partial charge in [0, 0.05) is 18.0 Å². The number of carbonyl (C=O) groups is 2. The molecule has 1 amide bonds. The lowest BCUT2D eigenvalue weighted by Crippen LogP contribution is -2.43. The number of hydrogen-bond donors (Lipinski definition) is 1. The molecule has 4 heteroatoms. The maximum absolute atomic E-state index is 12.5. The molecule has 1 aromatic rings. The fourth-order valence-electron chi connectivity index (χ4n) is 3.07. The monoisotopic (exact) mass is 330 g/mol. The van der Waals surface area contributed by atoms with Crippen LogP contribution in [0.15, 0.2) is 24.3 Å². The lowest BCUT2D eigenvalue weighted by molar-refractivity contribution is -0.122. The molecule has 0 spiro atoms. The van der Waals surface area contributed by atoms with Gasteiger partial charge in [-0.3, -0.25) is 14.5 Å². The van der Waals surface area contributed by atoms with Crippen molar-refractivity contribution in [2.45, 2.75) is 40.0 Å². The van der Waals surface area contributed by atoms with E-state index in [-0.39, 0.29) is 17.6 Å². The van der Waals surface area contributed by atoms with E-state index in [9.17, 15) is 9.59 Å². The molecule has 1 saturated heterocycles. The van der Waals surface area contributed by atoms with E-state index < -0.39 is 0 Å². The topological polar surface area (TPSA) is 49.4 Å². The van der Waals surface area contributed by atoms with Crippen LogP contribution in [0, 0.1) is 18.8 Å². The van der Waals surface area contributed by atoms with Crippen molar-refractivity contribution < 1.29 is 9.59 Å². The second kappa shape index (κ2) is 8.97. The second-order valence-corrected chi connectivity index (χ2v) is 7.31. The van der Waals surface area contributed by atoms with Crippen molar-refractivity contribution >= 4 is 11.7 Å². The summed E-state index contributed by atoms with van der Waals surface area (Å²) in [5, 5.41) is 2.98. The summed E-state index contributed by atoms with van der Waals surface area (Å²) in [6.45, 7) is 9.17. The number of rotatable bonds is 7. The Hall–Kier alpha value is -1.68. The number of benzene rings is 1. The van der Waals surface area contributed by atoms with Crippen LogP contribution >= 0.6 is 0 Å². The van der Waals surface area contributed by atoms with E-state index in [0.717, 1.165) is 44.5 Å². The average Bonchev–Trinajstić information content (AvgIpc) is 2.55. The highest BCUT2D eigenvalue weighted by atomic mass is 16.2. The highest BCUT2D eigenvalue weighted by molar-refractivity contribution is 5.97. The van der Waals surface area contributed by atoms with Gasteiger partial charge in [-0.25, -0.2) is 0 Å². The van der Waals surface area contributed by atoms with Crippen LogP contribution in [0.3, 0.4) is 0 Å². The first-order chi connectivity index (χ1) is 11.5. The quantitative estimate of drug-likeness (QED) is 0.782. The van der Waals surface area contributed by atoms with Gasteiger partial charge < -0.3 is 5.32 Å². The number of hydrogen-bond acceptors (Lipinski definition) is 3. The van der Waals surface area contributed by atoms with Crippen LogP contribution in [0.25, 0.3) is 0 Å². The molecule has 1 fully saturated rings. The number of nitrogens with zero attached hydrogens (tertiary/aromatic N) is 1. The lowest BCUT2D eigenvalue weighted by Gasteiger charge is -2.30. The van der Waals surface area contributed by atoms with E-state index in [1.807, 2.05) is 31.2 Å². The minimum Gasteiger partial charge on any atom is -0.355 e. The van der Waals surface area contributed by atoms with E-state index in [2.05, 4.69) is 24.1 Å². The van der Waals surface area contributed by atoms with E-state index in [4.69, 9.17) is 0 Å². The highest BCUT2D eigenvalue weighted by Crippen LogP contribution is 2.21. The molecular weight excluding hydrogens is 300 g/mol. The Morgan fingerprint density at radius 2 is 1.79 bits per heavy atom. The fourth-order valence-corrected chi connectivity index (χ4v) is 3.07. The fraction of sp³-hybridized carbons (Fsp3) is 0.600. The van der Waals surface area contributed by atoms with E-state index in [1.165, 1.54) is 5.56 Å². The average molecular weight is 330 g/mol. The largest absolute Gasteiger partial charge is 0.355 e. The number of amides is 1. The third-order valence-electron chi connectivity index (χ3n) is 4.71. The Morgan fingerprint density at radius 1 is 1.17 bits per heavy atom. The number of aryl methyl sites for hydroxylation is 1. The van der Waals surface area contributed by atoms with Crippen molar-refractivity contribution in [1.82, 2.24) is 10.2 Å². The molecule has 1 N–H and O–H groups in total. The van der Waals surface area contributed by atoms with Gasteiger partial charge in [0.05, 0.1) is 6.54 Å². The number of likely N-dealkylation sites (tertiary alicyclic amines) is 1.